The standard InChI is InChI=1S/C28H33BrO6/c1-3-5-11-25(30)32-15-17-34-27-21-9-7-8-10-22(21)28(24-19-20(29)13-14-23(24)27)35-18-16-33-26(31)12-6-4-2/h7-10,13-14,19H,3-6,11-12,15-18H2,1-2H3. The molecule has 0 aromatic heterocycles. The van der Waals surface area contributed by atoms with Crippen LogP contribution in [-0.4, -0.2) is 38.4 Å². The lowest BCUT2D eigenvalue weighted by molar-refractivity contribution is -0.145. The Morgan fingerprint density at radius 2 is 1.17 bits per heavy atom. The molecule has 3 aromatic carbocycles. The van der Waals surface area contributed by atoms with Gasteiger partial charge in [-0.2, -0.15) is 0 Å². The van der Waals surface area contributed by atoms with Crippen molar-refractivity contribution in [2.45, 2.75) is 52.4 Å². The summed E-state index contributed by atoms with van der Waals surface area (Å²) >= 11 is 3.56. The molecule has 188 valence electrons. The van der Waals surface area contributed by atoms with Crippen molar-refractivity contribution in [3.8, 4) is 11.5 Å². The van der Waals surface area contributed by atoms with Crippen molar-refractivity contribution >= 4 is 49.4 Å². The number of hydrogen-bond acceptors (Lipinski definition) is 6. The molecule has 0 amide bonds. The van der Waals surface area contributed by atoms with Crippen LogP contribution in [0, 0.1) is 0 Å². The SMILES string of the molecule is CCCCC(=O)OCCOc1c2ccccc2c(OCCOC(=O)CCCC)c2cc(Br)ccc12. The van der Waals surface area contributed by atoms with E-state index in [0.29, 0.717) is 24.3 Å². The van der Waals surface area contributed by atoms with Gasteiger partial charge >= 0.3 is 11.9 Å². The topological polar surface area (TPSA) is 71.1 Å². The van der Waals surface area contributed by atoms with Gasteiger partial charge in [0.1, 0.15) is 37.9 Å². The Morgan fingerprint density at radius 3 is 1.69 bits per heavy atom. The molecular formula is C28H33BrO6. The predicted octanol–water partition coefficient (Wildman–Crippen LogP) is 6.98. The zero-order chi connectivity index (χ0) is 25.0. The molecule has 6 nitrogen and oxygen atoms in total. The first kappa shape index (κ1) is 26.8. The van der Waals surface area contributed by atoms with Crippen LogP contribution in [-0.2, 0) is 19.1 Å². The van der Waals surface area contributed by atoms with Crippen LogP contribution < -0.4 is 9.47 Å². The van der Waals surface area contributed by atoms with Crippen LogP contribution in [0.15, 0.2) is 46.9 Å². The average Bonchev–Trinajstić information content (AvgIpc) is 2.87. The quantitative estimate of drug-likeness (QED) is 0.124. The fourth-order valence-corrected chi connectivity index (χ4v) is 4.13. The van der Waals surface area contributed by atoms with Crippen molar-refractivity contribution in [1.29, 1.82) is 0 Å². The third-order valence-corrected chi connectivity index (χ3v) is 6.03. The molecule has 0 saturated carbocycles. The molecule has 0 atom stereocenters. The summed E-state index contributed by atoms with van der Waals surface area (Å²) in [5.74, 6) is 1.02. The van der Waals surface area contributed by atoms with Gasteiger partial charge in [0.2, 0.25) is 0 Å². The molecule has 35 heavy (non-hydrogen) atoms. The third kappa shape index (κ3) is 7.59. The molecule has 0 aliphatic heterocycles. The first-order valence-electron chi connectivity index (χ1n) is 12.3. The largest absolute Gasteiger partial charge is 0.489 e. The molecule has 0 aliphatic rings. The number of carbonyl (C=O) groups excluding carboxylic acids is 2. The fourth-order valence-electron chi connectivity index (χ4n) is 3.77. The molecule has 0 saturated heterocycles. The zero-order valence-corrected chi connectivity index (χ0v) is 22.0. The maximum atomic E-state index is 11.8. The summed E-state index contributed by atoms with van der Waals surface area (Å²) in [7, 11) is 0. The Bertz CT molecular complexity index is 1140. The van der Waals surface area contributed by atoms with Crippen molar-refractivity contribution in [3.63, 3.8) is 0 Å². The molecule has 0 fully saturated rings. The number of rotatable bonds is 14. The van der Waals surface area contributed by atoms with Gasteiger partial charge < -0.3 is 18.9 Å². The first-order valence-corrected chi connectivity index (χ1v) is 13.0. The number of unbranched alkanes of at least 4 members (excludes halogenated alkanes) is 2. The Kier molecular flexibility index (Phi) is 10.7. The Labute approximate surface area is 215 Å². The van der Waals surface area contributed by atoms with Crippen LogP contribution in [0.4, 0.5) is 0 Å². The fraction of sp³-hybridized carbons (Fsp3) is 0.429. The summed E-state index contributed by atoms with van der Waals surface area (Å²) in [4.78, 5) is 23.6. The minimum atomic E-state index is -0.202. The summed E-state index contributed by atoms with van der Waals surface area (Å²) in [5.41, 5.74) is 0. The third-order valence-electron chi connectivity index (χ3n) is 5.54. The van der Waals surface area contributed by atoms with Gasteiger partial charge in [0.05, 0.1) is 0 Å². The molecule has 0 aliphatic carbocycles. The van der Waals surface area contributed by atoms with E-state index in [1.165, 1.54) is 0 Å². The van der Waals surface area contributed by atoms with Crippen molar-refractivity contribution < 1.29 is 28.5 Å². The highest BCUT2D eigenvalue weighted by atomic mass is 79.9. The van der Waals surface area contributed by atoms with E-state index >= 15 is 0 Å². The van der Waals surface area contributed by atoms with Crippen LogP contribution in [0.3, 0.4) is 0 Å². The normalized spacial score (nSPS) is 10.9. The van der Waals surface area contributed by atoms with E-state index in [1.807, 2.05) is 56.3 Å². The monoisotopic (exact) mass is 544 g/mol. The van der Waals surface area contributed by atoms with E-state index in [4.69, 9.17) is 18.9 Å². The lowest BCUT2D eigenvalue weighted by Gasteiger charge is -2.18. The smallest absolute Gasteiger partial charge is 0.305 e. The van der Waals surface area contributed by atoms with Crippen molar-refractivity contribution in [3.05, 3.63) is 46.9 Å². The molecule has 0 bridgehead atoms. The molecule has 0 unspecified atom stereocenters. The highest BCUT2D eigenvalue weighted by Crippen LogP contribution is 2.43. The summed E-state index contributed by atoms with van der Waals surface area (Å²) < 4.78 is 23.8. The molecule has 0 N–H and O–H groups in total. The van der Waals surface area contributed by atoms with E-state index < -0.39 is 0 Å². The summed E-state index contributed by atoms with van der Waals surface area (Å²) in [6, 6.07) is 13.8. The second-order valence-electron chi connectivity index (χ2n) is 8.24. The highest BCUT2D eigenvalue weighted by Gasteiger charge is 2.17. The van der Waals surface area contributed by atoms with Gasteiger partial charge in [0, 0.05) is 38.9 Å². The summed E-state index contributed by atoms with van der Waals surface area (Å²) in [5, 5.41) is 3.56. The van der Waals surface area contributed by atoms with E-state index in [9.17, 15) is 9.59 Å². The van der Waals surface area contributed by atoms with Crippen molar-refractivity contribution in [1.82, 2.24) is 0 Å². The number of esters is 2. The van der Waals surface area contributed by atoms with Gasteiger partial charge in [0.25, 0.3) is 0 Å². The van der Waals surface area contributed by atoms with E-state index in [0.717, 1.165) is 51.7 Å². The number of fused-ring (bicyclic) bond motifs is 2. The van der Waals surface area contributed by atoms with Gasteiger partial charge in [-0.3, -0.25) is 9.59 Å². The highest BCUT2D eigenvalue weighted by molar-refractivity contribution is 9.10. The van der Waals surface area contributed by atoms with Gasteiger partial charge in [-0.05, 0) is 31.0 Å². The van der Waals surface area contributed by atoms with E-state index in [2.05, 4.69) is 15.9 Å². The summed E-state index contributed by atoms with van der Waals surface area (Å²) in [6.07, 6.45) is 4.40. The Hall–Kier alpha value is -2.80. The summed E-state index contributed by atoms with van der Waals surface area (Å²) in [6.45, 7) is 4.96. The number of ether oxygens (including phenoxy) is 4. The lowest BCUT2D eigenvalue weighted by atomic mass is 10.0. The number of hydrogen-bond donors (Lipinski definition) is 0. The minimum absolute atomic E-state index is 0.189. The molecule has 3 rings (SSSR count). The molecule has 0 heterocycles. The van der Waals surface area contributed by atoms with Crippen LogP contribution in [0.2, 0.25) is 0 Å². The number of carbonyl (C=O) groups is 2. The molecule has 7 heteroatoms. The predicted molar refractivity (Wildman–Crippen MR) is 141 cm³/mol. The number of benzene rings is 3. The van der Waals surface area contributed by atoms with Crippen molar-refractivity contribution in [2.24, 2.45) is 0 Å². The molecule has 0 spiro atoms. The maximum Gasteiger partial charge on any atom is 0.305 e. The van der Waals surface area contributed by atoms with Crippen molar-refractivity contribution in [2.75, 3.05) is 26.4 Å². The zero-order valence-electron chi connectivity index (χ0n) is 20.4. The van der Waals surface area contributed by atoms with Crippen LogP contribution in [0.5, 0.6) is 11.5 Å². The first-order chi connectivity index (χ1) is 17.0. The number of halogens is 1. The van der Waals surface area contributed by atoms with E-state index in [1.54, 1.807) is 0 Å². The van der Waals surface area contributed by atoms with Crippen LogP contribution in [0.25, 0.3) is 21.5 Å². The van der Waals surface area contributed by atoms with Crippen LogP contribution in [0.1, 0.15) is 52.4 Å². The van der Waals surface area contributed by atoms with Gasteiger partial charge in [0.15, 0.2) is 0 Å². The van der Waals surface area contributed by atoms with Gasteiger partial charge in [-0.25, -0.2) is 0 Å². The minimum Gasteiger partial charge on any atom is -0.489 e. The Balaban J connectivity index is 1.80. The second-order valence-corrected chi connectivity index (χ2v) is 9.15. The molecule has 0 radical (unpaired) electrons. The maximum absolute atomic E-state index is 11.8. The van der Waals surface area contributed by atoms with E-state index in [-0.39, 0.29) is 38.4 Å². The average molecular weight is 545 g/mol. The van der Waals surface area contributed by atoms with Gasteiger partial charge in [-0.15, -0.1) is 0 Å². The van der Waals surface area contributed by atoms with Gasteiger partial charge in [-0.1, -0.05) is 66.9 Å². The second kappa shape index (κ2) is 13.9. The Morgan fingerprint density at radius 1 is 0.686 bits per heavy atom. The lowest BCUT2D eigenvalue weighted by Crippen LogP contribution is -2.13. The van der Waals surface area contributed by atoms with Crippen LogP contribution >= 0.6 is 15.9 Å². The molecular weight excluding hydrogens is 512 g/mol. The molecule has 3 aromatic rings.